The first-order valence-electron chi connectivity index (χ1n) is 14.4. The van der Waals surface area contributed by atoms with Crippen LogP contribution in [0.2, 0.25) is 0 Å². The standard InChI is InChI=1S/C32H37F3N2O5/c1-22(38)41-31-14-13-26(36-29(39)12-11-23-5-3-8-28(17-23)42-32(33,34)35)19-30(31,25-6-4-7-27(18-25)40-2)15-16-37(21-31)20-24-9-10-24/h3-8,11-12,17-18,24,26H,9-10,13-16,19-21H2,1-2H3,(H,36,39). The first-order chi connectivity index (χ1) is 20.0. The molecule has 3 aliphatic rings. The van der Waals surface area contributed by atoms with E-state index in [1.807, 2.05) is 18.2 Å². The van der Waals surface area contributed by atoms with Gasteiger partial charge in [0.1, 0.15) is 17.1 Å². The number of esters is 1. The fourth-order valence-electron chi connectivity index (χ4n) is 6.79. The van der Waals surface area contributed by atoms with Gasteiger partial charge in [0.2, 0.25) is 5.91 Å². The number of ether oxygens (including phenoxy) is 3. The Morgan fingerprint density at radius 1 is 1.07 bits per heavy atom. The second-order valence-electron chi connectivity index (χ2n) is 11.7. The molecule has 226 valence electrons. The summed E-state index contributed by atoms with van der Waals surface area (Å²) in [6.07, 6.45) is 2.97. The molecule has 2 saturated carbocycles. The molecular formula is C32H37F3N2O5. The molecule has 0 aromatic heterocycles. The Hall–Kier alpha value is -3.53. The van der Waals surface area contributed by atoms with E-state index >= 15 is 0 Å². The SMILES string of the molecule is COc1cccc(C23CCN(CC4CC4)CC2(OC(C)=O)CCC(NC(=O)C=Cc2cccc(OC(F)(F)F)c2)C3)c1. The molecule has 42 heavy (non-hydrogen) atoms. The van der Waals surface area contributed by atoms with E-state index in [1.165, 1.54) is 50.1 Å². The van der Waals surface area contributed by atoms with Gasteiger partial charge in [0.05, 0.1) is 7.11 Å². The summed E-state index contributed by atoms with van der Waals surface area (Å²) in [5, 5.41) is 3.10. The van der Waals surface area contributed by atoms with Crippen LogP contribution in [-0.2, 0) is 19.7 Å². The number of nitrogens with zero attached hydrogens (tertiary/aromatic N) is 1. The third kappa shape index (κ3) is 6.91. The zero-order valence-electron chi connectivity index (χ0n) is 23.9. The van der Waals surface area contributed by atoms with E-state index < -0.39 is 17.4 Å². The van der Waals surface area contributed by atoms with E-state index in [4.69, 9.17) is 9.47 Å². The fourth-order valence-corrected chi connectivity index (χ4v) is 6.79. The van der Waals surface area contributed by atoms with E-state index in [1.54, 1.807) is 13.2 Å². The summed E-state index contributed by atoms with van der Waals surface area (Å²) in [5.41, 5.74) is 0.121. The second-order valence-corrected chi connectivity index (χ2v) is 11.7. The van der Waals surface area contributed by atoms with E-state index in [-0.39, 0.29) is 23.7 Å². The molecule has 0 spiro atoms. The largest absolute Gasteiger partial charge is 0.573 e. The molecular weight excluding hydrogens is 549 g/mol. The van der Waals surface area contributed by atoms with Crippen LogP contribution in [0.25, 0.3) is 6.08 Å². The Morgan fingerprint density at radius 3 is 2.55 bits per heavy atom. The van der Waals surface area contributed by atoms with Crippen LogP contribution < -0.4 is 14.8 Å². The van der Waals surface area contributed by atoms with Crippen molar-refractivity contribution in [1.29, 1.82) is 0 Å². The molecule has 2 aliphatic carbocycles. The van der Waals surface area contributed by atoms with Gasteiger partial charge in [-0.3, -0.25) is 14.5 Å². The first-order valence-corrected chi connectivity index (χ1v) is 14.4. The zero-order chi connectivity index (χ0) is 30.0. The highest BCUT2D eigenvalue weighted by atomic mass is 19.4. The highest BCUT2D eigenvalue weighted by molar-refractivity contribution is 5.92. The van der Waals surface area contributed by atoms with Gasteiger partial charge in [-0.05, 0) is 92.5 Å². The summed E-state index contributed by atoms with van der Waals surface area (Å²) in [7, 11) is 1.62. The Kier molecular flexibility index (Phi) is 8.55. The van der Waals surface area contributed by atoms with Crippen molar-refractivity contribution >= 4 is 18.0 Å². The van der Waals surface area contributed by atoms with Crippen molar-refractivity contribution in [2.75, 3.05) is 26.7 Å². The fraction of sp³-hybridized carbons (Fsp3) is 0.500. The molecule has 1 N–H and O–H groups in total. The summed E-state index contributed by atoms with van der Waals surface area (Å²) >= 11 is 0. The molecule has 2 aromatic carbocycles. The van der Waals surface area contributed by atoms with Gasteiger partial charge in [-0.1, -0.05) is 24.3 Å². The highest BCUT2D eigenvalue weighted by Crippen LogP contribution is 2.54. The molecule has 1 saturated heterocycles. The number of hydrogen-bond acceptors (Lipinski definition) is 6. The van der Waals surface area contributed by atoms with E-state index in [0.717, 1.165) is 25.1 Å². The lowest BCUT2D eigenvalue weighted by Gasteiger charge is -2.59. The lowest BCUT2D eigenvalue weighted by atomic mass is 9.55. The lowest BCUT2D eigenvalue weighted by molar-refractivity contribution is -0.274. The van der Waals surface area contributed by atoms with Gasteiger partial charge < -0.3 is 19.5 Å². The highest BCUT2D eigenvalue weighted by Gasteiger charge is 2.61. The first kappa shape index (κ1) is 29.9. The van der Waals surface area contributed by atoms with Crippen molar-refractivity contribution < 1.29 is 37.0 Å². The van der Waals surface area contributed by atoms with Crippen molar-refractivity contribution in [3.8, 4) is 11.5 Å². The van der Waals surface area contributed by atoms with Crippen molar-refractivity contribution in [3.63, 3.8) is 0 Å². The topological polar surface area (TPSA) is 77.1 Å². The maximum Gasteiger partial charge on any atom is 0.573 e. The number of carbonyl (C=O) groups excluding carboxylic acids is 2. The lowest BCUT2D eigenvalue weighted by Crippen LogP contribution is -2.68. The normalized spacial score (nSPS) is 26.4. The van der Waals surface area contributed by atoms with E-state index in [2.05, 4.69) is 21.0 Å². The molecule has 10 heteroatoms. The number of likely N-dealkylation sites (tertiary alicyclic amines) is 1. The van der Waals surface area contributed by atoms with Crippen molar-refractivity contribution in [3.05, 3.63) is 65.7 Å². The predicted molar refractivity (Wildman–Crippen MR) is 151 cm³/mol. The predicted octanol–water partition coefficient (Wildman–Crippen LogP) is 5.63. The molecule has 7 nitrogen and oxygen atoms in total. The number of benzene rings is 2. The maximum absolute atomic E-state index is 13.0. The van der Waals surface area contributed by atoms with Gasteiger partial charge >= 0.3 is 12.3 Å². The Morgan fingerprint density at radius 2 is 1.83 bits per heavy atom. The zero-order valence-corrected chi connectivity index (χ0v) is 23.9. The molecule has 3 atom stereocenters. The number of alkyl halides is 3. The number of nitrogens with one attached hydrogen (secondary N) is 1. The van der Waals surface area contributed by atoms with E-state index in [0.29, 0.717) is 43.0 Å². The number of halogens is 3. The van der Waals surface area contributed by atoms with Crippen molar-refractivity contribution in [1.82, 2.24) is 10.2 Å². The summed E-state index contributed by atoms with van der Waals surface area (Å²) in [6.45, 7) is 3.94. The number of piperidine rings is 1. The van der Waals surface area contributed by atoms with Crippen LogP contribution in [0.1, 0.15) is 56.6 Å². The van der Waals surface area contributed by atoms with Crippen LogP contribution in [0, 0.1) is 5.92 Å². The minimum absolute atomic E-state index is 0.202. The van der Waals surface area contributed by atoms with Crippen LogP contribution in [-0.4, -0.2) is 61.5 Å². The number of amides is 1. The number of methoxy groups -OCH3 is 1. The second kappa shape index (κ2) is 12.0. The van der Waals surface area contributed by atoms with Crippen molar-refractivity contribution in [2.45, 2.75) is 68.9 Å². The summed E-state index contributed by atoms with van der Waals surface area (Å²) in [6, 6.07) is 13.1. The van der Waals surface area contributed by atoms with Crippen LogP contribution in [0.3, 0.4) is 0 Å². The average molecular weight is 587 g/mol. The third-order valence-corrected chi connectivity index (χ3v) is 8.74. The van der Waals surface area contributed by atoms with Gasteiger partial charge in [-0.15, -0.1) is 13.2 Å². The molecule has 2 aromatic rings. The van der Waals surface area contributed by atoms with Crippen LogP contribution >= 0.6 is 0 Å². The molecule has 1 amide bonds. The average Bonchev–Trinajstić information content (AvgIpc) is 3.75. The number of carbonyl (C=O) groups is 2. The molecule has 1 heterocycles. The summed E-state index contributed by atoms with van der Waals surface area (Å²) in [4.78, 5) is 28.0. The van der Waals surface area contributed by atoms with Gasteiger partial charge in [0.25, 0.3) is 0 Å². The summed E-state index contributed by atoms with van der Waals surface area (Å²) in [5.74, 6) is 0.385. The molecule has 5 rings (SSSR count). The van der Waals surface area contributed by atoms with Gasteiger partial charge in [-0.25, -0.2) is 0 Å². The number of hydrogen-bond donors (Lipinski definition) is 1. The van der Waals surface area contributed by atoms with Gasteiger partial charge in [0, 0.05) is 37.5 Å². The smallest absolute Gasteiger partial charge is 0.497 e. The van der Waals surface area contributed by atoms with Crippen molar-refractivity contribution in [2.24, 2.45) is 5.92 Å². The Bertz CT molecular complexity index is 1330. The Labute approximate surface area is 244 Å². The number of fused-ring (bicyclic) bond motifs is 1. The monoisotopic (exact) mass is 586 g/mol. The quantitative estimate of drug-likeness (QED) is 0.303. The molecule has 0 radical (unpaired) electrons. The van der Waals surface area contributed by atoms with Crippen LogP contribution in [0.4, 0.5) is 13.2 Å². The minimum atomic E-state index is -4.80. The molecule has 3 unspecified atom stereocenters. The van der Waals surface area contributed by atoms with Crippen LogP contribution in [0.15, 0.2) is 54.6 Å². The maximum atomic E-state index is 13.0. The van der Waals surface area contributed by atoms with E-state index in [9.17, 15) is 22.8 Å². The number of rotatable bonds is 9. The molecule has 1 aliphatic heterocycles. The third-order valence-electron chi connectivity index (χ3n) is 8.74. The van der Waals surface area contributed by atoms with Gasteiger partial charge in [-0.2, -0.15) is 0 Å². The van der Waals surface area contributed by atoms with Crippen LogP contribution in [0.5, 0.6) is 11.5 Å². The molecule has 0 bridgehead atoms. The molecule has 3 fully saturated rings. The Balaban J connectivity index is 1.38. The summed E-state index contributed by atoms with van der Waals surface area (Å²) < 4.78 is 53.6. The minimum Gasteiger partial charge on any atom is -0.497 e. The van der Waals surface area contributed by atoms with Gasteiger partial charge in [0.15, 0.2) is 0 Å².